The highest BCUT2D eigenvalue weighted by molar-refractivity contribution is 7.99. The first-order chi connectivity index (χ1) is 13.2. The van der Waals surface area contributed by atoms with Crippen molar-refractivity contribution in [2.24, 2.45) is 0 Å². The van der Waals surface area contributed by atoms with E-state index in [0.717, 1.165) is 10.6 Å². The number of ether oxygens (including phenoxy) is 1. The van der Waals surface area contributed by atoms with Gasteiger partial charge in [0, 0.05) is 41.8 Å². The largest absolute Gasteiger partial charge is 0.444 e. The molecular weight excluding hydrogens is 378 g/mol. The number of carbonyl (C=O) groups is 3. The van der Waals surface area contributed by atoms with Crippen molar-refractivity contribution in [1.29, 1.82) is 0 Å². The van der Waals surface area contributed by atoms with E-state index >= 15 is 0 Å². The van der Waals surface area contributed by atoms with Crippen LogP contribution in [0.15, 0.2) is 23.1 Å². The molecule has 3 amide bonds. The number of hydrogen-bond acceptors (Lipinski definition) is 5. The molecule has 152 valence electrons. The number of likely N-dealkylation sites (tertiary alicyclic amines) is 1. The minimum Gasteiger partial charge on any atom is -0.444 e. The van der Waals surface area contributed by atoms with E-state index in [0.29, 0.717) is 43.6 Å². The van der Waals surface area contributed by atoms with Gasteiger partial charge in [-0.05, 0) is 51.8 Å². The van der Waals surface area contributed by atoms with Crippen LogP contribution in [0.2, 0.25) is 0 Å². The fourth-order valence-electron chi connectivity index (χ4n) is 3.24. The molecule has 2 N–H and O–H groups in total. The van der Waals surface area contributed by atoms with Gasteiger partial charge in [0.25, 0.3) is 5.91 Å². The standard InChI is InChI=1S/C20H27N3O4S/c1-20(2,3)27-19(26)21-14-6-9-23(10-7-14)18(25)13-4-5-16-15(12-13)22-17(24)8-11-28-16/h4-5,12,14H,6-11H2,1-3H3,(H,21,26)(H,22,24). The van der Waals surface area contributed by atoms with Crippen molar-refractivity contribution in [1.82, 2.24) is 10.2 Å². The van der Waals surface area contributed by atoms with Crippen molar-refractivity contribution in [2.45, 2.75) is 56.6 Å². The molecule has 0 spiro atoms. The summed E-state index contributed by atoms with van der Waals surface area (Å²) in [5.74, 6) is 0.663. The van der Waals surface area contributed by atoms with Crippen LogP contribution in [0, 0.1) is 0 Å². The van der Waals surface area contributed by atoms with Crippen LogP contribution >= 0.6 is 11.8 Å². The molecule has 28 heavy (non-hydrogen) atoms. The minimum absolute atomic E-state index is 0.00151. The zero-order valence-corrected chi connectivity index (χ0v) is 17.4. The van der Waals surface area contributed by atoms with E-state index in [9.17, 15) is 14.4 Å². The molecule has 1 aromatic rings. The Morgan fingerprint density at radius 3 is 2.64 bits per heavy atom. The van der Waals surface area contributed by atoms with E-state index in [1.54, 1.807) is 22.7 Å². The molecule has 8 heteroatoms. The number of fused-ring (bicyclic) bond motifs is 1. The quantitative estimate of drug-likeness (QED) is 0.789. The summed E-state index contributed by atoms with van der Waals surface area (Å²) < 4.78 is 5.29. The van der Waals surface area contributed by atoms with Gasteiger partial charge in [-0.25, -0.2) is 4.79 Å². The molecular formula is C20H27N3O4S. The van der Waals surface area contributed by atoms with Crippen LogP contribution in [0.4, 0.5) is 10.5 Å². The van der Waals surface area contributed by atoms with E-state index in [2.05, 4.69) is 10.6 Å². The fourth-order valence-corrected chi connectivity index (χ4v) is 4.17. The van der Waals surface area contributed by atoms with Gasteiger partial charge in [-0.15, -0.1) is 11.8 Å². The summed E-state index contributed by atoms with van der Waals surface area (Å²) in [6, 6.07) is 5.48. The molecule has 1 aromatic carbocycles. The van der Waals surface area contributed by atoms with E-state index in [4.69, 9.17) is 4.74 Å². The second kappa shape index (κ2) is 8.43. The van der Waals surface area contributed by atoms with E-state index < -0.39 is 11.7 Å². The summed E-state index contributed by atoms with van der Waals surface area (Å²) >= 11 is 1.62. The number of carbonyl (C=O) groups excluding carboxylic acids is 3. The first-order valence-electron chi connectivity index (χ1n) is 9.57. The van der Waals surface area contributed by atoms with Crippen molar-refractivity contribution in [3.63, 3.8) is 0 Å². The molecule has 0 unspecified atom stereocenters. The molecule has 0 radical (unpaired) electrons. The maximum Gasteiger partial charge on any atom is 0.407 e. The first kappa shape index (κ1) is 20.5. The van der Waals surface area contributed by atoms with Crippen molar-refractivity contribution < 1.29 is 19.1 Å². The Bertz CT molecular complexity index is 767. The summed E-state index contributed by atoms with van der Waals surface area (Å²) in [5, 5.41) is 5.75. The molecule has 0 bridgehead atoms. The Morgan fingerprint density at radius 2 is 1.96 bits per heavy atom. The van der Waals surface area contributed by atoms with Crippen LogP contribution in [0.5, 0.6) is 0 Å². The van der Waals surface area contributed by atoms with Gasteiger partial charge >= 0.3 is 6.09 Å². The van der Waals surface area contributed by atoms with E-state index in [1.165, 1.54) is 0 Å². The number of hydrogen-bond donors (Lipinski definition) is 2. The van der Waals surface area contributed by atoms with Gasteiger partial charge in [0.15, 0.2) is 0 Å². The number of nitrogens with zero attached hydrogens (tertiary/aromatic N) is 1. The highest BCUT2D eigenvalue weighted by Gasteiger charge is 2.27. The SMILES string of the molecule is CC(C)(C)OC(=O)NC1CCN(C(=O)c2ccc3c(c2)NC(=O)CCS3)CC1. The molecule has 1 fully saturated rings. The number of piperidine rings is 1. The molecule has 7 nitrogen and oxygen atoms in total. The molecule has 0 aliphatic carbocycles. The number of nitrogens with one attached hydrogen (secondary N) is 2. The number of benzene rings is 1. The van der Waals surface area contributed by atoms with Crippen LogP contribution < -0.4 is 10.6 Å². The van der Waals surface area contributed by atoms with Crippen LogP contribution in [0.25, 0.3) is 0 Å². The molecule has 2 aliphatic rings. The molecule has 0 aromatic heterocycles. The molecule has 2 aliphatic heterocycles. The Hall–Kier alpha value is -2.22. The molecule has 0 saturated carbocycles. The predicted octanol–water partition coefficient (Wildman–Crippen LogP) is 3.25. The summed E-state index contributed by atoms with van der Waals surface area (Å²) in [5.41, 5.74) is 0.750. The second-order valence-electron chi connectivity index (χ2n) is 8.07. The average Bonchev–Trinajstić information content (AvgIpc) is 2.80. The fraction of sp³-hybridized carbons (Fsp3) is 0.550. The highest BCUT2D eigenvalue weighted by atomic mass is 32.2. The summed E-state index contributed by atoms with van der Waals surface area (Å²) in [6.45, 7) is 6.62. The molecule has 2 heterocycles. The van der Waals surface area contributed by atoms with Gasteiger partial charge in [0.1, 0.15) is 5.60 Å². The number of thioether (sulfide) groups is 1. The lowest BCUT2D eigenvalue weighted by Gasteiger charge is -2.33. The smallest absolute Gasteiger partial charge is 0.407 e. The Morgan fingerprint density at radius 1 is 1.25 bits per heavy atom. The number of amides is 3. The summed E-state index contributed by atoms with van der Waals surface area (Å²) in [4.78, 5) is 39.3. The third-order valence-corrected chi connectivity index (χ3v) is 5.67. The van der Waals surface area contributed by atoms with Gasteiger partial charge in [-0.3, -0.25) is 9.59 Å². The zero-order valence-electron chi connectivity index (χ0n) is 16.5. The highest BCUT2D eigenvalue weighted by Crippen LogP contribution is 2.32. The zero-order chi connectivity index (χ0) is 20.3. The lowest BCUT2D eigenvalue weighted by Crippen LogP contribution is -2.47. The van der Waals surface area contributed by atoms with Gasteiger partial charge in [-0.1, -0.05) is 0 Å². The Labute approximate surface area is 169 Å². The van der Waals surface area contributed by atoms with Gasteiger partial charge in [0.2, 0.25) is 5.91 Å². The van der Waals surface area contributed by atoms with Crippen molar-refractivity contribution in [2.75, 3.05) is 24.2 Å². The summed E-state index contributed by atoms with van der Waals surface area (Å²) in [6.07, 6.45) is 1.42. The third kappa shape index (κ3) is 5.41. The maximum absolute atomic E-state index is 12.9. The number of alkyl carbamates (subject to hydrolysis) is 1. The second-order valence-corrected chi connectivity index (χ2v) is 9.21. The molecule has 1 saturated heterocycles. The van der Waals surface area contributed by atoms with Gasteiger partial charge in [-0.2, -0.15) is 0 Å². The lowest BCUT2D eigenvalue weighted by molar-refractivity contribution is -0.115. The van der Waals surface area contributed by atoms with Gasteiger partial charge in [0.05, 0.1) is 5.69 Å². The molecule has 3 rings (SSSR count). The van der Waals surface area contributed by atoms with E-state index in [-0.39, 0.29) is 17.9 Å². The topological polar surface area (TPSA) is 87.7 Å². The normalized spacial score (nSPS) is 18.0. The Kier molecular flexibility index (Phi) is 6.17. The maximum atomic E-state index is 12.9. The summed E-state index contributed by atoms with van der Waals surface area (Å²) in [7, 11) is 0. The lowest BCUT2D eigenvalue weighted by atomic mass is 10.0. The number of rotatable bonds is 2. The first-order valence-corrected chi connectivity index (χ1v) is 10.6. The monoisotopic (exact) mass is 405 g/mol. The van der Waals surface area contributed by atoms with Crippen LogP contribution in [-0.4, -0.2) is 53.3 Å². The number of anilines is 1. The van der Waals surface area contributed by atoms with Crippen LogP contribution in [0.1, 0.15) is 50.4 Å². The molecule has 0 atom stereocenters. The predicted molar refractivity (Wildman–Crippen MR) is 109 cm³/mol. The average molecular weight is 406 g/mol. The van der Waals surface area contributed by atoms with Gasteiger partial charge < -0.3 is 20.3 Å². The third-order valence-electron chi connectivity index (χ3n) is 4.59. The Balaban J connectivity index is 1.57. The minimum atomic E-state index is -0.528. The van der Waals surface area contributed by atoms with E-state index in [1.807, 2.05) is 32.9 Å². The van der Waals surface area contributed by atoms with Crippen LogP contribution in [-0.2, 0) is 9.53 Å². The van der Waals surface area contributed by atoms with Crippen molar-refractivity contribution in [3.05, 3.63) is 23.8 Å². The van der Waals surface area contributed by atoms with Crippen molar-refractivity contribution >= 4 is 35.4 Å². The van der Waals surface area contributed by atoms with Crippen LogP contribution in [0.3, 0.4) is 0 Å². The van der Waals surface area contributed by atoms with Crippen molar-refractivity contribution in [3.8, 4) is 0 Å².